The topological polar surface area (TPSA) is 74.2 Å². The van der Waals surface area contributed by atoms with E-state index >= 15 is 0 Å². The Labute approximate surface area is 114 Å². The number of rotatable bonds is 4. The van der Waals surface area contributed by atoms with E-state index in [1.54, 1.807) is 6.07 Å². The number of hydrogen-bond acceptors (Lipinski definition) is 4. The molecule has 0 spiro atoms. The first kappa shape index (κ1) is 15.2. The van der Waals surface area contributed by atoms with Crippen LogP contribution in [0.5, 0.6) is 0 Å². The Bertz CT molecular complexity index is 404. The molecule has 0 aliphatic carbocycles. The molecule has 5 heteroatoms. The van der Waals surface area contributed by atoms with Gasteiger partial charge in [-0.1, -0.05) is 32.4 Å². The number of nitrogen functional groups attached to an aromatic ring is 1. The molecule has 2 unspecified atom stereocenters. The first-order valence-corrected chi connectivity index (χ1v) is 6.43. The molecule has 0 fully saturated rings. The van der Waals surface area contributed by atoms with E-state index < -0.39 is 0 Å². The molecule has 0 bridgehead atoms. The van der Waals surface area contributed by atoms with E-state index in [0.717, 1.165) is 5.56 Å². The van der Waals surface area contributed by atoms with Gasteiger partial charge in [-0.25, -0.2) is 4.98 Å². The minimum atomic E-state index is -0.351. The van der Waals surface area contributed by atoms with Gasteiger partial charge in [0.05, 0.1) is 17.2 Å². The highest BCUT2D eigenvalue weighted by Gasteiger charge is 2.33. The zero-order chi connectivity index (χ0) is 13.9. The van der Waals surface area contributed by atoms with E-state index in [-0.39, 0.29) is 17.6 Å². The van der Waals surface area contributed by atoms with E-state index in [4.69, 9.17) is 27.8 Å². The highest BCUT2D eigenvalue weighted by molar-refractivity contribution is 6.30. The van der Waals surface area contributed by atoms with Gasteiger partial charge in [-0.15, -0.1) is 0 Å². The zero-order valence-electron chi connectivity index (χ0n) is 11.4. The molecule has 102 valence electrons. The average molecular weight is 272 g/mol. The summed E-state index contributed by atoms with van der Waals surface area (Å²) < 4.78 is 5.77. The predicted octanol–water partition coefficient (Wildman–Crippen LogP) is 2.77. The van der Waals surface area contributed by atoms with Crippen molar-refractivity contribution in [1.82, 2.24) is 4.98 Å². The number of pyridine rings is 1. The van der Waals surface area contributed by atoms with Crippen LogP contribution in [-0.4, -0.2) is 17.7 Å². The van der Waals surface area contributed by atoms with Gasteiger partial charge in [-0.05, 0) is 18.4 Å². The normalized spacial score (nSPS) is 15.4. The number of aromatic nitrogens is 1. The third-order valence-electron chi connectivity index (χ3n) is 2.80. The van der Waals surface area contributed by atoms with Crippen LogP contribution in [0.4, 0.5) is 5.82 Å². The lowest BCUT2D eigenvalue weighted by Crippen LogP contribution is -2.39. The van der Waals surface area contributed by atoms with Crippen LogP contribution < -0.4 is 11.5 Å². The highest BCUT2D eigenvalue weighted by atomic mass is 35.5. The van der Waals surface area contributed by atoms with Crippen LogP contribution in [0.25, 0.3) is 0 Å². The molecule has 0 aromatic carbocycles. The summed E-state index contributed by atoms with van der Waals surface area (Å²) in [6.07, 6.45) is 1.37. The van der Waals surface area contributed by atoms with Crippen LogP contribution in [0, 0.1) is 5.41 Å². The van der Waals surface area contributed by atoms with Crippen molar-refractivity contribution in [2.24, 2.45) is 11.1 Å². The molecule has 0 saturated heterocycles. The van der Waals surface area contributed by atoms with Gasteiger partial charge in [0, 0.05) is 18.4 Å². The molecule has 2 atom stereocenters. The lowest BCUT2D eigenvalue weighted by atomic mass is 9.82. The molecule has 0 amide bonds. The van der Waals surface area contributed by atoms with E-state index in [9.17, 15) is 0 Å². The van der Waals surface area contributed by atoms with Crippen molar-refractivity contribution >= 4 is 17.4 Å². The summed E-state index contributed by atoms with van der Waals surface area (Å²) in [6.45, 7) is 8.80. The molecule has 1 aromatic heterocycles. The van der Waals surface area contributed by atoms with Crippen molar-refractivity contribution in [3.63, 3.8) is 0 Å². The number of nitrogens with zero attached hydrogens (tertiary/aromatic N) is 1. The molecular weight excluding hydrogens is 250 g/mol. The molecule has 0 aliphatic heterocycles. The van der Waals surface area contributed by atoms with Crippen LogP contribution >= 0.6 is 11.6 Å². The van der Waals surface area contributed by atoms with E-state index in [1.807, 2.05) is 6.92 Å². The van der Waals surface area contributed by atoms with Crippen LogP contribution in [0.1, 0.15) is 39.3 Å². The monoisotopic (exact) mass is 271 g/mol. The largest absolute Gasteiger partial charge is 0.383 e. The zero-order valence-corrected chi connectivity index (χ0v) is 12.2. The summed E-state index contributed by atoms with van der Waals surface area (Å²) in [7, 11) is 0. The number of halogens is 1. The van der Waals surface area contributed by atoms with Gasteiger partial charge >= 0.3 is 0 Å². The summed E-state index contributed by atoms with van der Waals surface area (Å²) in [5, 5.41) is 0.527. The lowest BCUT2D eigenvalue weighted by Gasteiger charge is -2.35. The molecule has 1 heterocycles. The molecule has 1 aromatic rings. The van der Waals surface area contributed by atoms with Crippen molar-refractivity contribution < 1.29 is 4.74 Å². The third kappa shape index (κ3) is 3.57. The van der Waals surface area contributed by atoms with Crippen molar-refractivity contribution in [2.75, 3.05) is 12.3 Å². The fourth-order valence-corrected chi connectivity index (χ4v) is 2.13. The number of hydrogen-bond donors (Lipinski definition) is 2. The summed E-state index contributed by atoms with van der Waals surface area (Å²) >= 11 is 5.94. The van der Waals surface area contributed by atoms with Crippen molar-refractivity contribution in [1.29, 1.82) is 0 Å². The predicted molar refractivity (Wildman–Crippen MR) is 75.5 cm³/mol. The van der Waals surface area contributed by atoms with Crippen LogP contribution in [-0.2, 0) is 4.74 Å². The minimum Gasteiger partial charge on any atom is -0.383 e. The van der Waals surface area contributed by atoms with Gasteiger partial charge < -0.3 is 16.2 Å². The third-order valence-corrected chi connectivity index (χ3v) is 3.01. The Morgan fingerprint density at radius 3 is 2.56 bits per heavy atom. The Morgan fingerprint density at radius 1 is 1.44 bits per heavy atom. The summed E-state index contributed by atoms with van der Waals surface area (Å²) in [4.78, 5) is 4.03. The van der Waals surface area contributed by atoms with Gasteiger partial charge in [0.2, 0.25) is 0 Å². The Balaban J connectivity index is 3.09. The number of anilines is 1. The fraction of sp³-hybridized carbons (Fsp3) is 0.615. The molecule has 0 saturated carbocycles. The molecular formula is C13H22ClN3O. The van der Waals surface area contributed by atoms with Gasteiger partial charge in [0.25, 0.3) is 0 Å². The van der Waals surface area contributed by atoms with Crippen molar-refractivity contribution in [3.05, 3.63) is 22.8 Å². The Kier molecular flexibility index (Phi) is 4.96. The van der Waals surface area contributed by atoms with Crippen molar-refractivity contribution in [3.8, 4) is 0 Å². The second kappa shape index (κ2) is 5.87. The standard InChI is InChI=1S/C13H22ClN3O/c1-5-18-11(13(2,3)4)10(15)9-6-8(14)7-17-12(9)16/h6-7,10-11H,5,15H2,1-4H3,(H2,16,17). The Morgan fingerprint density at radius 2 is 2.06 bits per heavy atom. The van der Waals surface area contributed by atoms with Crippen LogP contribution in [0.2, 0.25) is 5.02 Å². The maximum absolute atomic E-state index is 6.28. The van der Waals surface area contributed by atoms with Gasteiger partial charge in [0.15, 0.2) is 0 Å². The van der Waals surface area contributed by atoms with Gasteiger partial charge in [-0.3, -0.25) is 0 Å². The molecule has 18 heavy (non-hydrogen) atoms. The highest BCUT2D eigenvalue weighted by Crippen LogP contribution is 2.33. The second-order valence-electron chi connectivity index (χ2n) is 5.40. The second-order valence-corrected chi connectivity index (χ2v) is 5.83. The number of ether oxygens (including phenoxy) is 1. The summed E-state index contributed by atoms with van der Waals surface area (Å²) in [6, 6.07) is 1.41. The van der Waals surface area contributed by atoms with Crippen molar-refractivity contribution in [2.45, 2.75) is 39.8 Å². The molecule has 4 nitrogen and oxygen atoms in total. The maximum Gasteiger partial charge on any atom is 0.128 e. The number of nitrogens with two attached hydrogens (primary N) is 2. The fourth-order valence-electron chi connectivity index (χ4n) is 1.97. The molecule has 0 aliphatic rings. The lowest BCUT2D eigenvalue weighted by molar-refractivity contribution is -0.0282. The Hall–Kier alpha value is -0.840. The summed E-state index contributed by atoms with van der Waals surface area (Å²) in [5.74, 6) is 0.404. The van der Waals surface area contributed by atoms with Crippen LogP contribution in [0.15, 0.2) is 12.3 Å². The minimum absolute atomic E-state index is 0.0931. The van der Waals surface area contributed by atoms with E-state index in [1.165, 1.54) is 6.20 Å². The average Bonchev–Trinajstić information content (AvgIpc) is 2.27. The smallest absolute Gasteiger partial charge is 0.128 e. The quantitative estimate of drug-likeness (QED) is 0.883. The van der Waals surface area contributed by atoms with E-state index in [2.05, 4.69) is 25.8 Å². The summed E-state index contributed by atoms with van der Waals surface area (Å²) in [5.41, 5.74) is 12.8. The SMILES string of the molecule is CCOC(C(N)c1cc(Cl)cnc1N)C(C)(C)C. The van der Waals surface area contributed by atoms with Gasteiger partial charge in [0.1, 0.15) is 5.82 Å². The first-order chi connectivity index (χ1) is 8.27. The molecule has 0 radical (unpaired) electrons. The first-order valence-electron chi connectivity index (χ1n) is 6.05. The van der Waals surface area contributed by atoms with Crippen LogP contribution in [0.3, 0.4) is 0 Å². The van der Waals surface area contributed by atoms with E-state index in [0.29, 0.717) is 17.4 Å². The molecule has 4 N–H and O–H groups in total. The maximum atomic E-state index is 6.28. The molecule has 1 rings (SSSR count). The van der Waals surface area contributed by atoms with Gasteiger partial charge in [-0.2, -0.15) is 0 Å².